The van der Waals surface area contributed by atoms with E-state index >= 15 is 0 Å². The third kappa shape index (κ3) is 2.53. The highest BCUT2D eigenvalue weighted by atomic mass is 16.6. The Labute approximate surface area is 89.7 Å². The summed E-state index contributed by atoms with van der Waals surface area (Å²) in [4.78, 5) is 20.1. The summed E-state index contributed by atoms with van der Waals surface area (Å²) in [5.41, 5.74) is -0.0822. The Morgan fingerprint density at radius 3 is 2.12 bits per heavy atom. The lowest BCUT2D eigenvalue weighted by Gasteiger charge is -2.13. The number of hydrogen-bond acceptors (Lipinski definition) is 5. The van der Waals surface area contributed by atoms with Crippen molar-refractivity contribution in [3.8, 4) is 0 Å². The number of carbonyl (C=O) groups is 1. The highest BCUT2D eigenvalue weighted by Crippen LogP contribution is 2.20. The number of carboxylic acids is 1. The smallest absolute Gasteiger partial charge is 0.335 e. The maximum absolute atomic E-state index is 10.4. The molecular formula is C9H9NO6. The van der Waals surface area contributed by atoms with Crippen LogP contribution in [0.25, 0.3) is 0 Å². The molecule has 0 bridgehead atoms. The summed E-state index contributed by atoms with van der Waals surface area (Å²) in [5.74, 6) is -1.56. The topological polar surface area (TPSA) is 121 Å². The molecule has 0 amide bonds. The summed E-state index contributed by atoms with van der Waals surface area (Å²) in [5, 5.41) is 37.2. The van der Waals surface area contributed by atoms with Gasteiger partial charge in [-0.3, -0.25) is 10.1 Å². The zero-order chi connectivity index (χ0) is 12.3. The minimum Gasteiger partial charge on any atom is -0.479 e. The normalized spacial score (nSPS) is 14.1. The number of hydrogen-bond donors (Lipinski definition) is 3. The van der Waals surface area contributed by atoms with Crippen LogP contribution < -0.4 is 0 Å². The van der Waals surface area contributed by atoms with Gasteiger partial charge in [0.1, 0.15) is 6.10 Å². The van der Waals surface area contributed by atoms with Gasteiger partial charge < -0.3 is 15.3 Å². The van der Waals surface area contributed by atoms with Crippen molar-refractivity contribution >= 4 is 11.7 Å². The molecular weight excluding hydrogens is 218 g/mol. The van der Waals surface area contributed by atoms with Gasteiger partial charge in [-0.25, -0.2) is 4.79 Å². The third-order valence-electron chi connectivity index (χ3n) is 2.00. The number of aliphatic carboxylic acids is 1. The van der Waals surface area contributed by atoms with Crippen molar-refractivity contribution in [3.05, 3.63) is 39.9 Å². The van der Waals surface area contributed by atoms with Crippen LogP contribution >= 0.6 is 0 Å². The predicted molar refractivity (Wildman–Crippen MR) is 51.7 cm³/mol. The lowest BCUT2D eigenvalue weighted by Crippen LogP contribution is -2.27. The molecule has 0 aliphatic rings. The quantitative estimate of drug-likeness (QED) is 0.494. The van der Waals surface area contributed by atoms with Crippen LogP contribution in [0.15, 0.2) is 24.3 Å². The van der Waals surface area contributed by atoms with Gasteiger partial charge in [-0.05, 0) is 17.7 Å². The van der Waals surface area contributed by atoms with Crippen LogP contribution in [-0.4, -0.2) is 32.3 Å². The lowest BCUT2D eigenvalue weighted by atomic mass is 10.0. The molecule has 0 saturated carbocycles. The Morgan fingerprint density at radius 2 is 1.75 bits per heavy atom. The number of aliphatic hydroxyl groups is 2. The Balaban J connectivity index is 2.89. The van der Waals surface area contributed by atoms with Crippen LogP contribution in [-0.2, 0) is 4.79 Å². The van der Waals surface area contributed by atoms with Gasteiger partial charge in [-0.15, -0.1) is 0 Å². The van der Waals surface area contributed by atoms with Crippen LogP contribution in [0, 0.1) is 10.1 Å². The Kier molecular flexibility index (Phi) is 3.54. The monoisotopic (exact) mass is 227 g/mol. The van der Waals surface area contributed by atoms with Crippen molar-refractivity contribution in [1.29, 1.82) is 0 Å². The van der Waals surface area contributed by atoms with Crippen molar-refractivity contribution in [1.82, 2.24) is 0 Å². The first-order valence-electron chi connectivity index (χ1n) is 4.26. The van der Waals surface area contributed by atoms with Crippen molar-refractivity contribution in [2.45, 2.75) is 12.2 Å². The van der Waals surface area contributed by atoms with E-state index in [1.54, 1.807) is 0 Å². The Hall–Kier alpha value is -1.99. The van der Waals surface area contributed by atoms with Gasteiger partial charge in [0.05, 0.1) is 4.92 Å². The minimum atomic E-state index is -1.96. The molecule has 1 aromatic carbocycles. The van der Waals surface area contributed by atoms with Gasteiger partial charge in [0.2, 0.25) is 0 Å². The zero-order valence-electron chi connectivity index (χ0n) is 7.98. The Bertz CT molecular complexity index is 401. The number of carboxylic acid groups (broad SMARTS) is 1. The summed E-state index contributed by atoms with van der Waals surface area (Å²) < 4.78 is 0. The average molecular weight is 227 g/mol. The molecule has 0 fully saturated rings. The summed E-state index contributed by atoms with van der Waals surface area (Å²) >= 11 is 0. The Morgan fingerprint density at radius 1 is 1.25 bits per heavy atom. The number of rotatable bonds is 4. The fourth-order valence-electron chi connectivity index (χ4n) is 1.11. The molecule has 2 atom stereocenters. The third-order valence-corrected chi connectivity index (χ3v) is 2.00. The van der Waals surface area contributed by atoms with Crippen molar-refractivity contribution in [2.24, 2.45) is 0 Å². The molecule has 1 rings (SSSR count). The molecule has 0 heterocycles. The van der Waals surface area contributed by atoms with Crippen molar-refractivity contribution in [2.75, 3.05) is 0 Å². The number of non-ortho nitro benzene ring substituents is 1. The maximum atomic E-state index is 10.4. The molecule has 0 aromatic heterocycles. The van der Waals surface area contributed by atoms with E-state index in [1.807, 2.05) is 0 Å². The van der Waals surface area contributed by atoms with Crippen LogP contribution in [0.2, 0.25) is 0 Å². The van der Waals surface area contributed by atoms with Gasteiger partial charge >= 0.3 is 5.97 Å². The van der Waals surface area contributed by atoms with Gasteiger partial charge in [-0.2, -0.15) is 0 Å². The van der Waals surface area contributed by atoms with Crippen LogP contribution in [0.1, 0.15) is 11.7 Å². The number of benzene rings is 1. The summed E-state index contributed by atoms with van der Waals surface area (Å²) in [6.07, 6.45) is -3.57. The van der Waals surface area contributed by atoms with Crippen molar-refractivity contribution < 1.29 is 25.0 Å². The lowest BCUT2D eigenvalue weighted by molar-refractivity contribution is -0.384. The first-order valence-corrected chi connectivity index (χ1v) is 4.26. The molecule has 16 heavy (non-hydrogen) atoms. The highest BCUT2D eigenvalue weighted by Gasteiger charge is 2.25. The molecule has 7 nitrogen and oxygen atoms in total. The van der Waals surface area contributed by atoms with Gasteiger partial charge in [-0.1, -0.05) is 0 Å². The SMILES string of the molecule is O=C(O)[C@H](O)[C@@H](O)c1ccc([N+](=O)[O-])cc1. The molecule has 0 aliphatic heterocycles. The standard InChI is InChI=1S/C9H9NO6/c11-7(8(12)9(13)14)5-1-3-6(4-2-5)10(15)16/h1-4,7-8,11-12H,(H,13,14)/t7-,8+/m0/s1. The average Bonchev–Trinajstić information content (AvgIpc) is 2.27. The molecule has 0 radical (unpaired) electrons. The van der Waals surface area contributed by atoms with E-state index in [2.05, 4.69) is 0 Å². The molecule has 1 aromatic rings. The molecule has 0 spiro atoms. The molecule has 0 aliphatic carbocycles. The van der Waals surface area contributed by atoms with E-state index in [0.717, 1.165) is 12.1 Å². The molecule has 3 N–H and O–H groups in total. The van der Waals surface area contributed by atoms with Crippen LogP contribution in [0.4, 0.5) is 5.69 Å². The first kappa shape index (κ1) is 12.1. The molecule has 0 unspecified atom stereocenters. The predicted octanol–water partition coefficient (Wildman–Crippen LogP) is 0.0737. The maximum Gasteiger partial charge on any atom is 0.335 e. The summed E-state index contributed by atoms with van der Waals surface area (Å²) in [7, 11) is 0. The second-order valence-electron chi connectivity index (χ2n) is 3.08. The van der Waals surface area contributed by atoms with E-state index in [9.17, 15) is 20.0 Å². The minimum absolute atomic E-state index is 0.0977. The molecule has 86 valence electrons. The van der Waals surface area contributed by atoms with E-state index in [0.29, 0.717) is 0 Å². The van der Waals surface area contributed by atoms with Crippen molar-refractivity contribution in [3.63, 3.8) is 0 Å². The second kappa shape index (κ2) is 4.69. The van der Waals surface area contributed by atoms with E-state index < -0.39 is 23.1 Å². The zero-order valence-corrected chi connectivity index (χ0v) is 7.98. The summed E-state index contributed by atoms with van der Waals surface area (Å²) in [6.45, 7) is 0. The number of aliphatic hydroxyl groups excluding tert-OH is 2. The highest BCUT2D eigenvalue weighted by molar-refractivity contribution is 5.73. The van der Waals surface area contributed by atoms with E-state index in [4.69, 9.17) is 10.2 Å². The number of nitrogens with zero attached hydrogens (tertiary/aromatic N) is 1. The summed E-state index contributed by atoms with van der Waals surface area (Å²) in [6, 6.07) is 4.62. The molecule has 7 heteroatoms. The second-order valence-corrected chi connectivity index (χ2v) is 3.08. The number of nitro benzene ring substituents is 1. The van der Waals surface area contributed by atoms with Gasteiger partial charge in [0.15, 0.2) is 6.10 Å². The van der Waals surface area contributed by atoms with Gasteiger partial charge in [0.25, 0.3) is 5.69 Å². The fourth-order valence-corrected chi connectivity index (χ4v) is 1.11. The van der Waals surface area contributed by atoms with E-state index in [-0.39, 0.29) is 11.3 Å². The van der Waals surface area contributed by atoms with Crippen LogP contribution in [0.3, 0.4) is 0 Å². The largest absolute Gasteiger partial charge is 0.479 e. The number of nitro groups is 1. The first-order chi connectivity index (χ1) is 7.43. The molecule has 0 saturated heterocycles. The van der Waals surface area contributed by atoms with E-state index in [1.165, 1.54) is 12.1 Å². The van der Waals surface area contributed by atoms with Gasteiger partial charge in [0, 0.05) is 12.1 Å². The van der Waals surface area contributed by atoms with Crippen LogP contribution in [0.5, 0.6) is 0 Å². The fraction of sp³-hybridized carbons (Fsp3) is 0.222.